The van der Waals surface area contributed by atoms with Gasteiger partial charge in [0.15, 0.2) is 11.5 Å². The Balaban J connectivity index is 1.41. The molecule has 1 atom stereocenters. The minimum Gasteiger partial charge on any atom is -0.493 e. The van der Waals surface area contributed by atoms with Gasteiger partial charge in [0.1, 0.15) is 12.7 Å². The largest absolute Gasteiger partial charge is 0.493 e. The van der Waals surface area contributed by atoms with Gasteiger partial charge in [-0.1, -0.05) is 25.3 Å². The molecule has 1 N–H and O–H groups in total. The average Bonchev–Trinajstić information content (AvgIpc) is 3.32. The van der Waals surface area contributed by atoms with Crippen molar-refractivity contribution in [2.45, 2.75) is 70.1 Å². The Morgan fingerprint density at radius 1 is 1.06 bits per heavy atom. The summed E-state index contributed by atoms with van der Waals surface area (Å²) in [6.07, 6.45) is 9.86. The van der Waals surface area contributed by atoms with Gasteiger partial charge in [0.05, 0.1) is 7.11 Å². The number of aliphatic hydroxyl groups is 1. The first-order valence-corrected chi connectivity index (χ1v) is 12.6. The summed E-state index contributed by atoms with van der Waals surface area (Å²) in [4.78, 5) is 7.24. The molecule has 1 heterocycles. The summed E-state index contributed by atoms with van der Waals surface area (Å²) in [5.41, 5.74) is 1.22. The lowest BCUT2D eigenvalue weighted by Crippen LogP contribution is -2.40. The monoisotopic (exact) mass is 447 g/mol. The number of rotatable bonds is 13. The van der Waals surface area contributed by atoms with Crippen LogP contribution < -0.4 is 9.47 Å². The first-order valence-electron chi connectivity index (χ1n) is 12.6. The number of hydrogen-bond donors (Lipinski definition) is 1. The normalized spacial score (nSPS) is 19.1. The fourth-order valence-corrected chi connectivity index (χ4v) is 5.13. The summed E-state index contributed by atoms with van der Waals surface area (Å²) in [6, 6.07) is 6.74. The predicted molar refractivity (Wildman–Crippen MR) is 131 cm³/mol. The van der Waals surface area contributed by atoms with Crippen LogP contribution in [0.2, 0.25) is 0 Å². The van der Waals surface area contributed by atoms with Gasteiger partial charge in [-0.25, -0.2) is 0 Å². The van der Waals surface area contributed by atoms with Gasteiger partial charge >= 0.3 is 0 Å². The van der Waals surface area contributed by atoms with Gasteiger partial charge in [0, 0.05) is 19.1 Å². The summed E-state index contributed by atoms with van der Waals surface area (Å²) < 4.78 is 11.5. The van der Waals surface area contributed by atoms with Crippen LogP contribution in [-0.4, -0.2) is 92.5 Å². The third-order valence-corrected chi connectivity index (χ3v) is 7.02. The van der Waals surface area contributed by atoms with Crippen molar-refractivity contribution in [1.82, 2.24) is 14.7 Å². The Bertz CT molecular complexity index is 660. The summed E-state index contributed by atoms with van der Waals surface area (Å²) in [6.45, 7) is 6.67. The summed E-state index contributed by atoms with van der Waals surface area (Å²) in [5.74, 6) is 1.44. The second-order valence-corrected chi connectivity index (χ2v) is 9.82. The molecule has 1 unspecified atom stereocenters. The molecule has 2 fully saturated rings. The Kier molecular flexibility index (Phi) is 10.6. The lowest BCUT2D eigenvalue weighted by molar-refractivity contribution is 0.0553. The molecule has 0 bridgehead atoms. The zero-order valence-electron chi connectivity index (χ0n) is 20.6. The molecule has 2 aliphatic rings. The van der Waals surface area contributed by atoms with Crippen LogP contribution in [0.3, 0.4) is 0 Å². The molecule has 1 saturated carbocycles. The van der Waals surface area contributed by atoms with E-state index in [1.165, 1.54) is 76.6 Å². The molecule has 0 amide bonds. The van der Waals surface area contributed by atoms with Gasteiger partial charge in [-0.3, -0.25) is 0 Å². The smallest absolute Gasteiger partial charge is 0.161 e. The van der Waals surface area contributed by atoms with E-state index in [4.69, 9.17) is 9.47 Å². The Labute approximate surface area is 195 Å². The number of benzene rings is 1. The molecule has 6 nitrogen and oxygen atoms in total. The molecule has 1 saturated heterocycles. The zero-order valence-corrected chi connectivity index (χ0v) is 20.6. The number of hydrogen-bond acceptors (Lipinski definition) is 6. The van der Waals surface area contributed by atoms with Crippen molar-refractivity contribution in [1.29, 1.82) is 0 Å². The lowest BCUT2D eigenvalue weighted by atomic mass is 9.94. The maximum absolute atomic E-state index is 10.5. The van der Waals surface area contributed by atoms with Crippen LogP contribution >= 0.6 is 0 Å². The average molecular weight is 448 g/mol. The van der Waals surface area contributed by atoms with Crippen LogP contribution in [0, 0.1) is 0 Å². The molecular weight excluding hydrogens is 402 g/mol. The minimum absolute atomic E-state index is 0.281. The third-order valence-electron chi connectivity index (χ3n) is 7.02. The number of likely N-dealkylation sites (tertiary alicyclic amines) is 1. The lowest BCUT2D eigenvalue weighted by Gasteiger charge is -2.32. The first-order chi connectivity index (χ1) is 15.5. The van der Waals surface area contributed by atoms with Crippen LogP contribution in [0.5, 0.6) is 11.5 Å². The molecule has 1 aromatic carbocycles. The quantitative estimate of drug-likeness (QED) is 0.498. The number of aliphatic hydroxyl groups excluding tert-OH is 1. The van der Waals surface area contributed by atoms with Gasteiger partial charge < -0.3 is 29.3 Å². The van der Waals surface area contributed by atoms with Crippen molar-refractivity contribution in [3.05, 3.63) is 23.8 Å². The molecule has 3 rings (SSSR count). The highest BCUT2D eigenvalue weighted by atomic mass is 16.5. The minimum atomic E-state index is -0.506. The van der Waals surface area contributed by atoms with E-state index in [1.807, 2.05) is 6.07 Å². The highest BCUT2D eigenvalue weighted by Gasteiger charge is 2.20. The fraction of sp³-hybridized carbons (Fsp3) is 0.769. The molecule has 182 valence electrons. The van der Waals surface area contributed by atoms with Crippen LogP contribution in [0.15, 0.2) is 18.2 Å². The molecule has 32 heavy (non-hydrogen) atoms. The van der Waals surface area contributed by atoms with E-state index in [-0.39, 0.29) is 6.61 Å². The van der Waals surface area contributed by atoms with Crippen LogP contribution in [0.1, 0.15) is 56.9 Å². The first kappa shape index (κ1) is 25.3. The van der Waals surface area contributed by atoms with E-state index < -0.39 is 6.10 Å². The molecular formula is C26H45N3O3. The van der Waals surface area contributed by atoms with Crippen molar-refractivity contribution >= 4 is 0 Å². The number of nitrogens with zero attached hydrogens (tertiary/aromatic N) is 3. The van der Waals surface area contributed by atoms with E-state index in [0.29, 0.717) is 18.3 Å². The van der Waals surface area contributed by atoms with E-state index in [2.05, 4.69) is 40.9 Å². The highest BCUT2D eigenvalue weighted by molar-refractivity contribution is 5.43. The van der Waals surface area contributed by atoms with Gasteiger partial charge in [-0.15, -0.1) is 0 Å². The van der Waals surface area contributed by atoms with Crippen LogP contribution in [-0.2, 0) is 6.54 Å². The maximum Gasteiger partial charge on any atom is 0.161 e. The topological polar surface area (TPSA) is 48.4 Å². The van der Waals surface area contributed by atoms with Crippen LogP contribution in [0.25, 0.3) is 0 Å². The molecule has 6 heteroatoms. The molecule has 1 aliphatic heterocycles. The third kappa shape index (κ3) is 8.22. The summed E-state index contributed by atoms with van der Waals surface area (Å²) in [7, 11) is 5.98. The van der Waals surface area contributed by atoms with E-state index in [9.17, 15) is 5.11 Å². The highest BCUT2D eigenvalue weighted by Crippen LogP contribution is 2.29. The molecule has 1 aliphatic carbocycles. The van der Waals surface area contributed by atoms with Gasteiger partial charge in [-0.05, 0) is 90.1 Å². The van der Waals surface area contributed by atoms with E-state index >= 15 is 0 Å². The summed E-state index contributed by atoms with van der Waals surface area (Å²) >= 11 is 0. The van der Waals surface area contributed by atoms with Crippen molar-refractivity contribution in [2.75, 3.05) is 60.5 Å². The number of ether oxygens (including phenoxy) is 2. The van der Waals surface area contributed by atoms with E-state index in [1.54, 1.807) is 7.11 Å². The zero-order chi connectivity index (χ0) is 22.8. The van der Waals surface area contributed by atoms with Crippen molar-refractivity contribution in [3.8, 4) is 11.5 Å². The van der Waals surface area contributed by atoms with Gasteiger partial charge in [-0.2, -0.15) is 0 Å². The molecule has 0 radical (unpaired) electrons. The number of likely N-dealkylation sites (N-methyl/N-ethyl adjacent to an activating group) is 1. The van der Waals surface area contributed by atoms with Crippen LogP contribution in [0.4, 0.5) is 0 Å². The Morgan fingerprint density at radius 2 is 1.81 bits per heavy atom. The second kappa shape index (κ2) is 13.4. The number of methoxy groups -OCH3 is 1. The van der Waals surface area contributed by atoms with Gasteiger partial charge in [0.25, 0.3) is 0 Å². The second-order valence-electron chi connectivity index (χ2n) is 9.82. The Morgan fingerprint density at radius 3 is 2.53 bits per heavy atom. The van der Waals surface area contributed by atoms with E-state index in [0.717, 1.165) is 18.8 Å². The molecule has 0 spiro atoms. The SMILES string of the molecule is COc1cc(CN(C)CCCN2CCCC2)ccc1OCC(O)CN(C)C1CCCCC1. The summed E-state index contributed by atoms with van der Waals surface area (Å²) in [5, 5.41) is 10.5. The Hall–Kier alpha value is -1.34. The van der Waals surface area contributed by atoms with Crippen molar-refractivity contribution in [3.63, 3.8) is 0 Å². The predicted octanol–water partition coefficient (Wildman–Crippen LogP) is 3.62. The van der Waals surface area contributed by atoms with Gasteiger partial charge in [0.2, 0.25) is 0 Å². The fourth-order valence-electron chi connectivity index (χ4n) is 5.13. The standard InChI is InChI=1S/C26H45N3O3/c1-27(14-9-17-29-15-7-8-16-29)19-22-12-13-25(26(18-22)31-3)32-21-24(30)20-28(2)23-10-5-4-6-11-23/h12-13,18,23-24,30H,4-11,14-17,19-21H2,1-3H3. The maximum atomic E-state index is 10.5. The van der Waals surface area contributed by atoms with Crippen molar-refractivity contribution in [2.24, 2.45) is 0 Å². The van der Waals surface area contributed by atoms with Crippen molar-refractivity contribution < 1.29 is 14.6 Å². The molecule has 1 aromatic rings. The molecule has 0 aromatic heterocycles.